The number of phenolic OH excluding ortho intramolecular Hbond substituents is 1. The maximum absolute atomic E-state index is 14.3. The molecular formula is C36H29Cl2N3O6. The van der Waals surface area contributed by atoms with Crippen molar-refractivity contribution < 1.29 is 29.0 Å². The molecule has 0 radical (unpaired) electrons. The molecule has 3 fully saturated rings. The number of nitrogens with one attached hydrogen (secondary N) is 1. The summed E-state index contributed by atoms with van der Waals surface area (Å²) in [5.74, 6) is -4.40. The molecule has 2 aliphatic carbocycles. The van der Waals surface area contributed by atoms with Crippen LogP contribution >= 0.6 is 23.2 Å². The molecule has 3 aromatic carbocycles. The van der Waals surface area contributed by atoms with Crippen LogP contribution in [0, 0.1) is 23.7 Å². The zero-order valence-corrected chi connectivity index (χ0v) is 26.7. The van der Waals surface area contributed by atoms with E-state index in [4.69, 9.17) is 27.9 Å². The quantitative estimate of drug-likeness (QED) is 0.209. The van der Waals surface area contributed by atoms with Crippen molar-refractivity contribution >= 4 is 63.9 Å². The molecule has 9 nitrogen and oxygen atoms in total. The first-order valence-electron chi connectivity index (χ1n) is 15.4. The largest absolute Gasteiger partial charge is 0.508 e. The summed E-state index contributed by atoms with van der Waals surface area (Å²) in [5, 5.41) is 13.5. The highest BCUT2D eigenvalue weighted by Gasteiger charge is 2.76. The number of carbonyl (C=O) groups excluding carboxylic acids is 4. The minimum atomic E-state index is -1.90. The summed E-state index contributed by atoms with van der Waals surface area (Å²) in [4.78, 5) is 54.2. The van der Waals surface area contributed by atoms with Gasteiger partial charge in [0, 0.05) is 36.3 Å². The van der Waals surface area contributed by atoms with Gasteiger partial charge in [0.05, 0.1) is 23.8 Å². The van der Waals surface area contributed by atoms with Gasteiger partial charge in [-0.2, -0.15) is 0 Å². The molecule has 2 N–H and O–H groups in total. The van der Waals surface area contributed by atoms with E-state index < -0.39 is 45.2 Å². The van der Waals surface area contributed by atoms with Crippen LogP contribution in [0.2, 0.25) is 0 Å². The van der Waals surface area contributed by atoms with Gasteiger partial charge < -0.3 is 15.2 Å². The number of rotatable bonds is 4. The van der Waals surface area contributed by atoms with E-state index >= 15 is 0 Å². The second kappa shape index (κ2) is 10.5. The van der Waals surface area contributed by atoms with Gasteiger partial charge in [-0.3, -0.25) is 29.0 Å². The number of halogens is 2. The molecule has 3 heterocycles. The van der Waals surface area contributed by atoms with E-state index in [0.29, 0.717) is 28.1 Å². The van der Waals surface area contributed by atoms with Crippen molar-refractivity contribution in [3.63, 3.8) is 0 Å². The van der Waals surface area contributed by atoms with Crippen molar-refractivity contribution in [3.05, 3.63) is 102 Å². The van der Waals surface area contributed by atoms with Crippen LogP contribution in [0.5, 0.6) is 11.5 Å². The Balaban J connectivity index is 1.16. The van der Waals surface area contributed by atoms with Gasteiger partial charge >= 0.3 is 0 Å². The molecule has 1 saturated carbocycles. The molecule has 3 aliphatic heterocycles. The first kappa shape index (κ1) is 29.8. The summed E-state index contributed by atoms with van der Waals surface area (Å²) in [6, 6.07) is 21.5. The summed E-state index contributed by atoms with van der Waals surface area (Å²) in [7, 11) is 1.36. The molecular weight excluding hydrogens is 641 g/mol. The van der Waals surface area contributed by atoms with Gasteiger partial charge in [0.15, 0.2) is 9.75 Å². The van der Waals surface area contributed by atoms with E-state index in [-0.39, 0.29) is 36.8 Å². The van der Waals surface area contributed by atoms with Crippen LogP contribution in [0.4, 0.5) is 17.1 Å². The predicted octanol–water partition coefficient (Wildman–Crippen LogP) is 5.68. The minimum Gasteiger partial charge on any atom is -0.508 e. The van der Waals surface area contributed by atoms with Crippen molar-refractivity contribution in [3.8, 4) is 11.5 Å². The fourth-order valence-corrected chi connectivity index (χ4v) is 9.23. The fraction of sp³-hybridized carbons (Fsp3) is 0.278. The first-order valence-corrected chi connectivity index (χ1v) is 16.2. The van der Waals surface area contributed by atoms with E-state index in [2.05, 4.69) is 5.32 Å². The van der Waals surface area contributed by atoms with E-state index in [1.807, 2.05) is 48.5 Å². The maximum atomic E-state index is 14.3. The van der Waals surface area contributed by atoms with E-state index in [0.717, 1.165) is 16.3 Å². The number of amides is 4. The van der Waals surface area contributed by atoms with Gasteiger partial charge in [-0.15, -0.1) is 23.2 Å². The zero-order valence-electron chi connectivity index (χ0n) is 25.2. The minimum absolute atomic E-state index is 0.0491. The Labute approximate surface area is 280 Å². The Hall–Kier alpha value is -4.60. The Morgan fingerprint density at radius 2 is 1.62 bits per heavy atom. The van der Waals surface area contributed by atoms with Crippen LogP contribution in [0.3, 0.4) is 0 Å². The lowest BCUT2D eigenvalue weighted by atomic mass is 9.56. The zero-order chi connectivity index (χ0) is 32.8. The smallest absolute Gasteiger partial charge is 0.253 e. The average molecular weight is 671 g/mol. The molecule has 5 aliphatic rings. The summed E-state index contributed by atoms with van der Waals surface area (Å²) in [6.45, 7) is 0. The summed E-state index contributed by atoms with van der Waals surface area (Å²) >= 11 is 14.6. The van der Waals surface area contributed by atoms with Gasteiger partial charge in [-0.05, 0) is 78.9 Å². The Morgan fingerprint density at radius 3 is 2.36 bits per heavy atom. The SMILES string of the molecule is CN1C(=O)[C@]2(Cl)C[C@@H]3C(=CC[C@@H]4C(=O)N(c5ccc(Nc6ccccc6)cc5)C(=O)[C@@H]43)[C@H](C3=COc4ccc(O)cc4C3)[C@]2(Cl)C1=O. The summed E-state index contributed by atoms with van der Waals surface area (Å²) < 4.78 is 5.94. The lowest BCUT2D eigenvalue weighted by Gasteiger charge is -2.51. The van der Waals surface area contributed by atoms with Crippen molar-refractivity contribution in [1.82, 2.24) is 4.90 Å². The number of hydrogen-bond donors (Lipinski definition) is 2. The van der Waals surface area contributed by atoms with Crippen LogP contribution in [-0.2, 0) is 25.6 Å². The third-order valence-corrected chi connectivity index (χ3v) is 11.8. The summed E-state index contributed by atoms with van der Waals surface area (Å²) in [6.07, 6.45) is 3.85. The van der Waals surface area contributed by atoms with E-state index in [1.54, 1.807) is 24.3 Å². The standard InChI is InChI=1S/C36H29Cl2N3O6/c1-40-33(45)35(37)17-27-25(30(36(35,38)34(40)46)20-15-19-16-24(42)11-14-28(19)47-18-20)12-13-26-29(27)32(44)41(31(26)43)23-9-7-22(8-10-23)39-21-5-3-2-4-6-21/h2-12,14,16,18,26-27,29-30,39,42H,13,15,17H2,1H3/t26-,27+,29-,30-,35+,36-/m0/s1. The lowest BCUT2D eigenvalue weighted by Crippen LogP contribution is -2.61. The fourth-order valence-electron chi connectivity index (χ4n) is 8.19. The van der Waals surface area contributed by atoms with Crippen LogP contribution in [0.25, 0.3) is 0 Å². The highest BCUT2D eigenvalue weighted by Crippen LogP contribution is 2.64. The topological polar surface area (TPSA) is 116 Å². The molecule has 0 spiro atoms. The maximum Gasteiger partial charge on any atom is 0.253 e. The van der Waals surface area contributed by atoms with E-state index in [1.165, 1.54) is 24.3 Å². The number of anilines is 3. The van der Waals surface area contributed by atoms with Crippen LogP contribution in [0.1, 0.15) is 18.4 Å². The molecule has 4 amide bonds. The number of allylic oxidation sites excluding steroid dienone is 3. The molecule has 6 atom stereocenters. The molecule has 47 heavy (non-hydrogen) atoms. The molecule has 0 bridgehead atoms. The van der Waals surface area contributed by atoms with Gasteiger partial charge in [-0.25, -0.2) is 0 Å². The van der Waals surface area contributed by atoms with Crippen LogP contribution in [0.15, 0.2) is 96.3 Å². The number of ether oxygens (including phenoxy) is 1. The van der Waals surface area contributed by atoms with Gasteiger partial charge in [-0.1, -0.05) is 29.8 Å². The summed E-state index contributed by atoms with van der Waals surface area (Å²) in [5.41, 5.74) is 4.10. The monoisotopic (exact) mass is 669 g/mol. The highest BCUT2D eigenvalue weighted by atomic mass is 35.5. The third kappa shape index (κ3) is 4.15. The number of phenols is 1. The molecule has 0 unspecified atom stereocenters. The first-order chi connectivity index (χ1) is 22.5. The number of benzene rings is 3. The van der Waals surface area contributed by atoms with Gasteiger partial charge in [0.25, 0.3) is 11.8 Å². The van der Waals surface area contributed by atoms with Crippen molar-refractivity contribution in [2.75, 3.05) is 17.3 Å². The number of nitrogens with zero attached hydrogens (tertiary/aromatic N) is 2. The Bertz CT molecular complexity index is 1950. The molecule has 3 aromatic rings. The highest BCUT2D eigenvalue weighted by molar-refractivity contribution is 6.53. The number of likely N-dealkylation sites (tertiary alicyclic amines) is 1. The number of imide groups is 2. The molecule has 11 heteroatoms. The third-order valence-electron chi connectivity index (χ3n) is 10.3. The second-order valence-corrected chi connectivity index (χ2v) is 14.1. The Morgan fingerprint density at radius 1 is 0.894 bits per heavy atom. The lowest BCUT2D eigenvalue weighted by molar-refractivity contribution is -0.138. The van der Waals surface area contributed by atoms with E-state index in [9.17, 15) is 24.3 Å². The molecule has 238 valence electrons. The number of hydrogen-bond acceptors (Lipinski definition) is 7. The van der Waals surface area contributed by atoms with Gasteiger partial charge in [0.2, 0.25) is 11.8 Å². The number of aromatic hydroxyl groups is 1. The number of para-hydroxylation sites is 1. The number of alkyl halides is 2. The molecule has 0 aromatic heterocycles. The second-order valence-electron chi connectivity index (χ2n) is 12.8. The number of carbonyl (C=O) groups is 4. The predicted molar refractivity (Wildman–Crippen MR) is 175 cm³/mol. The van der Waals surface area contributed by atoms with Crippen molar-refractivity contribution in [2.24, 2.45) is 23.7 Å². The van der Waals surface area contributed by atoms with Gasteiger partial charge in [0.1, 0.15) is 11.5 Å². The van der Waals surface area contributed by atoms with Crippen molar-refractivity contribution in [2.45, 2.75) is 29.0 Å². The Kier molecular flexibility index (Phi) is 6.62. The van der Waals surface area contributed by atoms with Crippen molar-refractivity contribution in [1.29, 1.82) is 0 Å². The normalized spacial score (nSPS) is 31.0. The van der Waals surface area contributed by atoms with Crippen LogP contribution in [-0.4, -0.2) is 50.4 Å². The van der Waals surface area contributed by atoms with Crippen LogP contribution < -0.4 is 15.0 Å². The molecule has 2 saturated heterocycles. The average Bonchev–Trinajstić information content (AvgIpc) is 3.40. The number of fused-ring (bicyclic) bond motifs is 5. The molecule has 8 rings (SSSR count).